The Hall–Kier alpha value is -2.76. The number of benzene rings is 2. The molecule has 0 spiro atoms. The maximum atomic E-state index is 12.2. The van der Waals surface area contributed by atoms with Crippen LogP contribution in [0.15, 0.2) is 53.4 Å². The summed E-state index contributed by atoms with van der Waals surface area (Å²) < 4.78 is 29.3. The molecule has 2 aromatic rings. The largest absolute Gasteiger partial charge is 0.298 e. The van der Waals surface area contributed by atoms with Crippen LogP contribution in [0.5, 0.6) is 0 Å². The van der Waals surface area contributed by atoms with Gasteiger partial charge in [-0.25, -0.2) is 4.18 Å². The number of nitro benzene ring substituents is 1. The van der Waals surface area contributed by atoms with E-state index >= 15 is 0 Å². The minimum atomic E-state index is -4.22. The zero-order valence-electron chi connectivity index (χ0n) is 12.0. The maximum Gasteiger partial charge on any atom is 0.298 e. The molecule has 0 aliphatic rings. The van der Waals surface area contributed by atoms with E-state index < -0.39 is 21.1 Å². The summed E-state index contributed by atoms with van der Waals surface area (Å²) >= 11 is 0. The molecular weight excluding hydrogens is 320 g/mol. The van der Waals surface area contributed by atoms with Gasteiger partial charge in [0, 0.05) is 6.07 Å². The van der Waals surface area contributed by atoms with Gasteiger partial charge in [-0.3, -0.25) is 10.1 Å². The second kappa shape index (κ2) is 6.56. The van der Waals surface area contributed by atoms with Crippen LogP contribution in [0.1, 0.15) is 17.2 Å². The lowest BCUT2D eigenvalue weighted by Gasteiger charge is -2.11. The van der Waals surface area contributed by atoms with Gasteiger partial charge >= 0.3 is 0 Å². The Labute approximate surface area is 133 Å². The molecular formula is C15H12N2O5S. The molecule has 0 radical (unpaired) electrons. The smallest absolute Gasteiger partial charge is 0.258 e. The Balaban J connectivity index is 2.39. The van der Waals surface area contributed by atoms with E-state index in [2.05, 4.69) is 0 Å². The molecule has 0 saturated heterocycles. The molecule has 0 unspecified atom stereocenters. The molecule has 118 valence electrons. The van der Waals surface area contributed by atoms with Gasteiger partial charge in [-0.2, -0.15) is 13.7 Å². The van der Waals surface area contributed by atoms with Crippen molar-refractivity contribution in [2.24, 2.45) is 0 Å². The molecule has 0 amide bonds. The van der Waals surface area contributed by atoms with Crippen LogP contribution in [0, 0.1) is 28.4 Å². The van der Waals surface area contributed by atoms with Gasteiger partial charge in [0.05, 0.1) is 15.4 Å². The molecule has 1 atom stereocenters. The van der Waals surface area contributed by atoms with Crippen LogP contribution < -0.4 is 0 Å². The lowest BCUT2D eigenvalue weighted by Crippen LogP contribution is -2.12. The first-order valence-electron chi connectivity index (χ1n) is 6.48. The SMILES string of the molecule is Cc1ccc(S(=O)(=O)O[C@@H](C#N)c2ccccc2[N+](=O)[O-])cc1. The van der Waals surface area contributed by atoms with E-state index in [9.17, 15) is 23.8 Å². The summed E-state index contributed by atoms with van der Waals surface area (Å²) in [5.41, 5.74) is 0.369. The van der Waals surface area contributed by atoms with Gasteiger partial charge in [0.2, 0.25) is 0 Å². The zero-order chi connectivity index (χ0) is 17.0. The van der Waals surface area contributed by atoms with Crippen molar-refractivity contribution < 1.29 is 17.5 Å². The van der Waals surface area contributed by atoms with Crippen molar-refractivity contribution in [2.45, 2.75) is 17.9 Å². The van der Waals surface area contributed by atoms with E-state index in [4.69, 9.17) is 4.18 Å². The number of hydrogen-bond acceptors (Lipinski definition) is 6. The lowest BCUT2D eigenvalue weighted by molar-refractivity contribution is -0.385. The first-order chi connectivity index (χ1) is 10.8. The third-order valence-corrected chi connectivity index (χ3v) is 4.36. The molecule has 23 heavy (non-hydrogen) atoms. The molecule has 0 aromatic heterocycles. The number of nitrogens with zero attached hydrogens (tertiary/aromatic N) is 2. The summed E-state index contributed by atoms with van der Waals surface area (Å²) in [6, 6.07) is 12.9. The fourth-order valence-electron chi connectivity index (χ4n) is 1.91. The summed E-state index contributed by atoms with van der Waals surface area (Å²) in [6.45, 7) is 1.79. The van der Waals surface area contributed by atoms with Crippen molar-refractivity contribution in [3.8, 4) is 6.07 Å². The van der Waals surface area contributed by atoms with E-state index in [1.807, 2.05) is 0 Å². The summed E-state index contributed by atoms with van der Waals surface area (Å²) in [4.78, 5) is 10.2. The van der Waals surface area contributed by atoms with Gasteiger partial charge in [-0.1, -0.05) is 29.8 Å². The highest BCUT2D eigenvalue weighted by Crippen LogP contribution is 2.29. The summed E-state index contributed by atoms with van der Waals surface area (Å²) in [5, 5.41) is 20.2. The fraction of sp³-hybridized carbons (Fsp3) is 0.133. The Bertz CT molecular complexity index is 869. The number of nitriles is 1. The maximum absolute atomic E-state index is 12.2. The molecule has 0 saturated carbocycles. The minimum absolute atomic E-state index is 0.115. The number of aryl methyl sites for hydroxylation is 1. The Morgan fingerprint density at radius 3 is 2.35 bits per heavy atom. The molecule has 8 heteroatoms. The number of nitro groups is 1. The standard InChI is InChI=1S/C15H12N2O5S/c1-11-6-8-12(9-7-11)23(20,21)22-15(10-16)13-4-2-3-5-14(13)17(18)19/h2-9,15H,1H3/t15-/m0/s1. The molecule has 0 bridgehead atoms. The van der Waals surface area contributed by atoms with Crippen molar-refractivity contribution in [3.63, 3.8) is 0 Å². The quantitative estimate of drug-likeness (QED) is 0.473. The zero-order valence-corrected chi connectivity index (χ0v) is 12.9. The second-order valence-electron chi connectivity index (χ2n) is 4.69. The molecule has 2 aromatic carbocycles. The first-order valence-corrected chi connectivity index (χ1v) is 7.89. The minimum Gasteiger partial charge on any atom is -0.258 e. The van der Waals surface area contributed by atoms with Crippen molar-refractivity contribution in [1.29, 1.82) is 5.26 Å². The van der Waals surface area contributed by atoms with Gasteiger partial charge in [0.15, 0.2) is 6.10 Å². The topological polar surface area (TPSA) is 110 Å². The van der Waals surface area contributed by atoms with Crippen LogP contribution in [0.3, 0.4) is 0 Å². The average Bonchev–Trinajstić information content (AvgIpc) is 2.53. The third-order valence-electron chi connectivity index (χ3n) is 3.07. The van der Waals surface area contributed by atoms with Gasteiger partial charge in [0.1, 0.15) is 6.07 Å². The fourth-order valence-corrected chi connectivity index (χ4v) is 2.89. The number of rotatable bonds is 5. The number of para-hydroxylation sites is 1. The predicted molar refractivity (Wildman–Crippen MR) is 80.9 cm³/mol. The highest BCUT2D eigenvalue weighted by Gasteiger charge is 2.28. The first kappa shape index (κ1) is 16.6. The van der Waals surface area contributed by atoms with E-state index in [1.165, 1.54) is 36.4 Å². The molecule has 0 aliphatic carbocycles. The van der Waals surface area contributed by atoms with Crippen molar-refractivity contribution in [3.05, 3.63) is 69.8 Å². The van der Waals surface area contributed by atoms with Crippen LogP contribution in [0.4, 0.5) is 5.69 Å². The van der Waals surface area contributed by atoms with Crippen LogP contribution in [0.25, 0.3) is 0 Å². The van der Waals surface area contributed by atoms with E-state index in [1.54, 1.807) is 25.1 Å². The van der Waals surface area contributed by atoms with E-state index in [0.29, 0.717) is 0 Å². The molecule has 7 nitrogen and oxygen atoms in total. The van der Waals surface area contributed by atoms with Gasteiger partial charge in [-0.15, -0.1) is 0 Å². The second-order valence-corrected chi connectivity index (χ2v) is 6.26. The summed E-state index contributed by atoms with van der Waals surface area (Å²) in [6.07, 6.45) is -1.61. The lowest BCUT2D eigenvalue weighted by atomic mass is 10.1. The van der Waals surface area contributed by atoms with Gasteiger partial charge in [-0.05, 0) is 25.1 Å². The molecule has 0 aliphatic heterocycles. The van der Waals surface area contributed by atoms with Crippen LogP contribution in [-0.4, -0.2) is 13.3 Å². The van der Waals surface area contributed by atoms with E-state index in [-0.39, 0.29) is 16.1 Å². The molecule has 0 fully saturated rings. The van der Waals surface area contributed by atoms with Gasteiger partial charge in [0.25, 0.3) is 15.8 Å². The Morgan fingerprint density at radius 1 is 1.17 bits per heavy atom. The summed E-state index contributed by atoms with van der Waals surface area (Å²) in [5.74, 6) is 0. The molecule has 0 heterocycles. The van der Waals surface area contributed by atoms with Crippen LogP contribution >= 0.6 is 0 Å². The Kier molecular flexibility index (Phi) is 4.74. The van der Waals surface area contributed by atoms with Gasteiger partial charge < -0.3 is 0 Å². The monoisotopic (exact) mass is 332 g/mol. The highest BCUT2D eigenvalue weighted by atomic mass is 32.2. The van der Waals surface area contributed by atoms with Crippen molar-refractivity contribution in [1.82, 2.24) is 0 Å². The highest BCUT2D eigenvalue weighted by molar-refractivity contribution is 7.86. The summed E-state index contributed by atoms with van der Waals surface area (Å²) in [7, 11) is -4.22. The Morgan fingerprint density at radius 2 is 1.78 bits per heavy atom. The van der Waals surface area contributed by atoms with Crippen LogP contribution in [-0.2, 0) is 14.3 Å². The average molecular weight is 332 g/mol. The van der Waals surface area contributed by atoms with Crippen molar-refractivity contribution in [2.75, 3.05) is 0 Å². The van der Waals surface area contributed by atoms with Crippen LogP contribution in [0.2, 0.25) is 0 Å². The number of hydrogen-bond donors (Lipinski definition) is 0. The molecule has 2 rings (SSSR count). The van der Waals surface area contributed by atoms with Crippen molar-refractivity contribution >= 4 is 15.8 Å². The normalized spacial score (nSPS) is 12.3. The van der Waals surface area contributed by atoms with E-state index in [0.717, 1.165) is 5.56 Å². The third kappa shape index (κ3) is 3.71. The molecule has 0 N–H and O–H groups in total. The predicted octanol–water partition coefficient (Wildman–Crippen LogP) is 2.87.